The summed E-state index contributed by atoms with van der Waals surface area (Å²) in [7, 11) is -4.10. The summed E-state index contributed by atoms with van der Waals surface area (Å²) in [5, 5.41) is 13.5. The summed E-state index contributed by atoms with van der Waals surface area (Å²) in [6, 6.07) is 10.1. The topological polar surface area (TPSA) is 99.4 Å². The van der Waals surface area contributed by atoms with Crippen molar-refractivity contribution < 1.29 is 17.5 Å². The molecular formula is C17H14N2O5S2. The minimum Gasteiger partial charge on any atom is -0.379 e. The summed E-state index contributed by atoms with van der Waals surface area (Å²) in [6.07, 6.45) is 0. The van der Waals surface area contributed by atoms with E-state index >= 15 is 0 Å². The van der Waals surface area contributed by atoms with Gasteiger partial charge in [-0.1, -0.05) is 0 Å². The van der Waals surface area contributed by atoms with Crippen LogP contribution in [0.3, 0.4) is 0 Å². The lowest BCUT2D eigenvalue weighted by Gasteiger charge is -2.09. The van der Waals surface area contributed by atoms with Crippen LogP contribution in [0, 0.1) is 24.0 Å². The highest BCUT2D eigenvalue weighted by molar-refractivity contribution is 7.87. The van der Waals surface area contributed by atoms with E-state index in [4.69, 9.17) is 4.18 Å². The number of hydrogen-bond donors (Lipinski definition) is 0. The molecule has 0 aliphatic heterocycles. The number of nitro groups is 1. The van der Waals surface area contributed by atoms with Gasteiger partial charge < -0.3 is 4.18 Å². The number of aromatic nitrogens is 1. The minimum absolute atomic E-state index is 0.109. The van der Waals surface area contributed by atoms with Gasteiger partial charge in [-0.15, -0.1) is 11.3 Å². The second-order valence-corrected chi connectivity index (χ2v) is 7.94. The summed E-state index contributed by atoms with van der Waals surface area (Å²) >= 11 is 1.50. The molecule has 0 unspecified atom stereocenters. The van der Waals surface area contributed by atoms with Crippen LogP contribution < -0.4 is 4.18 Å². The monoisotopic (exact) mass is 390 g/mol. The van der Waals surface area contributed by atoms with Crippen molar-refractivity contribution in [2.75, 3.05) is 0 Å². The summed E-state index contributed by atoms with van der Waals surface area (Å²) in [5.74, 6) is 0.153. The fraction of sp³-hybridized carbons (Fsp3) is 0.118. The molecule has 3 aromatic rings. The molecule has 0 saturated heterocycles. The maximum Gasteiger partial charge on any atom is 0.339 e. The molecule has 26 heavy (non-hydrogen) atoms. The van der Waals surface area contributed by atoms with E-state index in [0.29, 0.717) is 0 Å². The van der Waals surface area contributed by atoms with Gasteiger partial charge in [0.05, 0.1) is 4.92 Å². The highest BCUT2D eigenvalue weighted by Gasteiger charge is 2.21. The van der Waals surface area contributed by atoms with Crippen LogP contribution in [0.15, 0.2) is 52.7 Å². The first-order valence-corrected chi connectivity index (χ1v) is 9.77. The Morgan fingerprint density at radius 2 is 1.81 bits per heavy atom. The zero-order valence-corrected chi connectivity index (χ0v) is 15.5. The molecule has 0 aliphatic carbocycles. The fourth-order valence-electron chi connectivity index (χ4n) is 2.34. The summed E-state index contributed by atoms with van der Waals surface area (Å²) in [4.78, 5) is 14.5. The number of benzene rings is 2. The Kier molecular flexibility index (Phi) is 4.75. The third-order valence-electron chi connectivity index (χ3n) is 3.56. The molecule has 0 bridgehead atoms. The quantitative estimate of drug-likeness (QED) is 0.369. The molecule has 7 nitrogen and oxygen atoms in total. The maximum atomic E-state index is 12.5. The van der Waals surface area contributed by atoms with Crippen LogP contribution in [0.5, 0.6) is 5.75 Å². The van der Waals surface area contributed by atoms with Gasteiger partial charge in [-0.2, -0.15) is 8.42 Å². The van der Waals surface area contributed by atoms with Gasteiger partial charge in [-0.05, 0) is 49.7 Å². The van der Waals surface area contributed by atoms with Crippen LogP contribution in [0.2, 0.25) is 0 Å². The summed E-state index contributed by atoms with van der Waals surface area (Å²) < 4.78 is 30.1. The highest BCUT2D eigenvalue weighted by Crippen LogP contribution is 2.28. The highest BCUT2D eigenvalue weighted by atomic mass is 32.2. The van der Waals surface area contributed by atoms with Crippen LogP contribution in [0.25, 0.3) is 10.6 Å². The molecule has 0 atom stereocenters. The molecular weight excluding hydrogens is 376 g/mol. The van der Waals surface area contributed by atoms with E-state index in [2.05, 4.69) is 4.98 Å². The van der Waals surface area contributed by atoms with Crippen LogP contribution >= 0.6 is 11.3 Å². The molecule has 0 fully saturated rings. The minimum atomic E-state index is -4.10. The van der Waals surface area contributed by atoms with E-state index in [1.54, 1.807) is 24.3 Å². The molecule has 2 aromatic carbocycles. The molecule has 0 spiro atoms. The molecule has 0 saturated carbocycles. The van der Waals surface area contributed by atoms with Crippen molar-refractivity contribution in [1.29, 1.82) is 0 Å². The zero-order valence-electron chi connectivity index (χ0n) is 13.9. The lowest BCUT2D eigenvalue weighted by atomic mass is 10.2. The maximum absolute atomic E-state index is 12.5. The molecule has 0 amide bonds. The Morgan fingerprint density at radius 3 is 2.35 bits per heavy atom. The molecule has 1 heterocycles. The predicted octanol–water partition coefficient (Wildman–Crippen LogP) is 4.10. The first-order chi connectivity index (χ1) is 12.3. The van der Waals surface area contributed by atoms with Crippen LogP contribution in [-0.4, -0.2) is 18.3 Å². The number of non-ortho nitro benzene ring substituents is 1. The Labute approximate surface area is 154 Å². The third-order valence-corrected chi connectivity index (χ3v) is 5.98. The van der Waals surface area contributed by atoms with E-state index in [0.717, 1.165) is 22.3 Å². The molecule has 0 N–H and O–H groups in total. The van der Waals surface area contributed by atoms with Gasteiger partial charge in [-0.3, -0.25) is 10.1 Å². The zero-order chi connectivity index (χ0) is 18.9. The number of hydrogen-bond acceptors (Lipinski definition) is 7. The molecule has 134 valence electrons. The van der Waals surface area contributed by atoms with Crippen molar-refractivity contribution in [3.63, 3.8) is 0 Å². The Hall–Kier alpha value is -2.78. The standard InChI is InChI=1S/C17H14N2O5S2/c1-11-9-14(19(20)21)5-8-16(11)26(22,23)24-15-6-3-13(4-7-15)17-18-12(2)10-25-17/h3-10H,1-2H3. The number of nitrogens with zero attached hydrogens (tertiary/aromatic N) is 2. The smallest absolute Gasteiger partial charge is 0.339 e. The van der Waals surface area contributed by atoms with E-state index in [1.165, 1.54) is 30.4 Å². The first kappa shape index (κ1) is 18.0. The molecule has 9 heteroatoms. The second kappa shape index (κ2) is 6.85. The average Bonchev–Trinajstić information content (AvgIpc) is 3.01. The van der Waals surface area contributed by atoms with Crippen molar-refractivity contribution in [3.8, 4) is 16.3 Å². The summed E-state index contributed by atoms with van der Waals surface area (Å²) in [5.41, 5.74) is 1.85. The number of thiazole rings is 1. The lowest BCUT2D eigenvalue weighted by Crippen LogP contribution is -2.11. The molecule has 0 radical (unpaired) electrons. The molecule has 3 rings (SSSR count). The van der Waals surface area contributed by atoms with Crippen molar-refractivity contribution in [2.45, 2.75) is 18.7 Å². The Balaban J connectivity index is 1.84. The van der Waals surface area contributed by atoms with Crippen molar-refractivity contribution in [3.05, 3.63) is 69.2 Å². The number of nitro benzene ring substituents is 1. The van der Waals surface area contributed by atoms with E-state index in [1.807, 2.05) is 12.3 Å². The van der Waals surface area contributed by atoms with Crippen LogP contribution in [0.1, 0.15) is 11.3 Å². The average molecular weight is 390 g/mol. The molecule has 0 aliphatic rings. The Morgan fingerprint density at radius 1 is 1.12 bits per heavy atom. The third kappa shape index (κ3) is 3.73. The van der Waals surface area contributed by atoms with Gasteiger partial charge in [0.2, 0.25) is 0 Å². The van der Waals surface area contributed by atoms with Crippen molar-refractivity contribution in [1.82, 2.24) is 4.98 Å². The number of aryl methyl sites for hydroxylation is 2. The van der Waals surface area contributed by atoms with E-state index in [9.17, 15) is 18.5 Å². The molecule has 1 aromatic heterocycles. The van der Waals surface area contributed by atoms with Gasteiger partial charge >= 0.3 is 10.1 Å². The predicted molar refractivity (Wildman–Crippen MR) is 97.9 cm³/mol. The van der Waals surface area contributed by atoms with Crippen molar-refractivity contribution in [2.24, 2.45) is 0 Å². The van der Waals surface area contributed by atoms with E-state index in [-0.39, 0.29) is 21.9 Å². The number of rotatable bonds is 5. The van der Waals surface area contributed by atoms with Gasteiger partial charge in [0.15, 0.2) is 0 Å². The largest absolute Gasteiger partial charge is 0.379 e. The lowest BCUT2D eigenvalue weighted by molar-refractivity contribution is -0.385. The SMILES string of the molecule is Cc1csc(-c2ccc(OS(=O)(=O)c3ccc([N+](=O)[O-])cc3C)cc2)n1. The van der Waals surface area contributed by atoms with Crippen LogP contribution in [0.4, 0.5) is 5.69 Å². The second-order valence-electron chi connectivity index (χ2n) is 5.56. The van der Waals surface area contributed by atoms with Gasteiger partial charge in [0.25, 0.3) is 5.69 Å². The van der Waals surface area contributed by atoms with Gasteiger partial charge in [0, 0.05) is 28.8 Å². The van der Waals surface area contributed by atoms with E-state index < -0.39 is 15.0 Å². The summed E-state index contributed by atoms with van der Waals surface area (Å²) in [6.45, 7) is 3.38. The first-order valence-electron chi connectivity index (χ1n) is 7.48. The van der Waals surface area contributed by atoms with Gasteiger partial charge in [0.1, 0.15) is 15.7 Å². The normalized spacial score (nSPS) is 11.3. The van der Waals surface area contributed by atoms with Crippen LogP contribution in [-0.2, 0) is 10.1 Å². The Bertz CT molecular complexity index is 1070. The fourth-order valence-corrected chi connectivity index (χ4v) is 4.28. The van der Waals surface area contributed by atoms with Gasteiger partial charge in [-0.25, -0.2) is 4.98 Å². The van der Waals surface area contributed by atoms with Crippen molar-refractivity contribution >= 4 is 27.1 Å².